The summed E-state index contributed by atoms with van der Waals surface area (Å²) in [6.07, 6.45) is 0. The lowest BCUT2D eigenvalue weighted by atomic mass is 10.1. The lowest BCUT2D eigenvalue weighted by molar-refractivity contribution is 0.101. The molecule has 0 amide bonds. The first-order valence-electron chi connectivity index (χ1n) is 5.91. The minimum absolute atomic E-state index is 0.0422. The van der Waals surface area contributed by atoms with Crippen LogP contribution < -0.4 is 4.18 Å². The molecule has 0 heterocycles. The van der Waals surface area contributed by atoms with Gasteiger partial charge in [0.15, 0.2) is 23.2 Å². The van der Waals surface area contributed by atoms with Crippen LogP contribution in [0.3, 0.4) is 0 Å². The van der Waals surface area contributed by atoms with Crippen molar-refractivity contribution in [1.82, 2.24) is 0 Å². The third-order valence-corrected chi connectivity index (χ3v) is 4.42. The van der Waals surface area contributed by atoms with Crippen LogP contribution in [0.1, 0.15) is 17.3 Å². The highest BCUT2D eigenvalue weighted by Gasteiger charge is 2.21. The van der Waals surface area contributed by atoms with Gasteiger partial charge in [0.25, 0.3) is 0 Å². The maximum absolute atomic E-state index is 13.2. The summed E-state index contributed by atoms with van der Waals surface area (Å²) in [6.45, 7) is 1.25. The number of benzene rings is 2. The van der Waals surface area contributed by atoms with Crippen molar-refractivity contribution in [2.75, 3.05) is 0 Å². The van der Waals surface area contributed by atoms with E-state index < -0.39 is 32.4 Å². The maximum Gasteiger partial charge on any atom is 0.339 e. The minimum Gasteiger partial charge on any atom is -0.378 e. The predicted octanol–water partition coefficient (Wildman–Crippen LogP) is 3.70. The van der Waals surface area contributed by atoms with Crippen LogP contribution in [0.4, 0.5) is 8.78 Å². The van der Waals surface area contributed by atoms with Crippen LogP contribution in [-0.2, 0) is 10.1 Å². The molecule has 0 saturated carbocycles. The largest absolute Gasteiger partial charge is 0.378 e. The van der Waals surface area contributed by atoms with Gasteiger partial charge in [-0.15, -0.1) is 0 Å². The highest BCUT2D eigenvalue weighted by Crippen LogP contribution is 2.27. The van der Waals surface area contributed by atoms with E-state index in [9.17, 15) is 22.0 Å². The molecule has 0 radical (unpaired) electrons. The van der Waals surface area contributed by atoms with Gasteiger partial charge in [0.05, 0.1) is 5.56 Å². The van der Waals surface area contributed by atoms with E-state index in [4.69, 9.17) is 4.18 Å². The van der Waals surface area contributed by atoms with Crippen LogP contribution in [0, 0.1) is 11.6 Å². The molecule has 22 heavy (non-hydrogen) atoms. The monoisotopic (exact) mass is 390 g/mol. The molecule has 116 valence electrons. The summed E-state index contributed by atoms with van der Waals surface area (Å²) in [6, 6.07) is 6.25. The van der Waals surface area contributed by atoms with Gasteiger partial charge in [-0.25, -0.2) is 8.78 Å². The zero-order valence-corrected chi connectivity index (χ0v) is 13.5. The Morgan fingerprint density at radius 3 is 2.36 bits per heavy atom. The van der Waals surface area contributed by atoms with Crippen molar-refractivity contribution in [3.8, 4) is 5.75 Å². The van der Waals surface area contributed by atoms with E-state index in [1.54, 1.807) is 0 Å². The van der Waals surface area contributed by atoms with Crippen LogP contribution in [-0.4, -0.2) is 14.2 Å². The van der Waals surface area contributed by atoms with E-state index in [1.807, 2.05) is 0 Å². The Bertz CT molecular complexity index is 850. The fraction of sp³-hybridized carbons (Fsp3) is 0.0714. The molecule has 4 nitrogen and oxygen atoms in total. The fourth-order valence-corrected chi connectivity index (χ4v) is 2.97. The summed E-state index contributed by atoms with van der Waals surface area (Å²) in [5.74, 6) is -3.09. The molecule has 0 unspecified atom stereocenters. The Morgan fingerprint density at radius 1 is 1.09 bits per heavy atom. The molecule has 0 saturated heterocycles. The van der Waals surface area contributed by atoms with E-state index in [0.717, 1.165) is 6.07 Å². The topological polar surface area (TPSA) is 60.4 Å². The SMILES string of the molecule is CC(=O)c1cc(Br)ccc1OS(=O)(=O)c1ccc(F)c(F)c1. The van der Waals surface area contributed by atoms with E-state index in [1.165, 1.54) is 25.1 Å². The Labute approximate surface area is 134 Å². The molecule has 0 fully saturated rings. The van der Waals surface area contributed by atoms with Crippen molar-refractivity contribution >= 4 is 31.8 Å². The lowest BCUT2D eigenvalue weighted by Crippen LogP contribution is -2.12. The van der Waals surface area contributed by atoms with Crippen molar-refractivity contribution in [1.29, 1.82) is 0 Å². The number of halogens is 3. The van der Waals surface area contributed by atoms with Crippen molar-refractivity contribution in [2.24, 2.45) is 0 Å². The number of carbonyl (C=O) groups excluding carboxylic acids is 1. The number of rotatable bonds is 4. The number of Topliss-reactive ketones (excluding diaryl/α,β-unsaturated/α-hetero) is 1. The highest BCUT2D eigenvalue weighted by molar-refractivity contribution is 9.10. The molecule has 0 atom stereocenters. The predicted molar refractivity (Wildman–Crippen MR) is 78.3 cm³/mol. The average Bonchev–Trinajstić information content (AvgIpc) is 2.43. The molecule has 2 aromatic carbocycles. The molecule has 0 aromatic heterocycles. The van der Waals surface area contributed by atoms with E-state index in [2.05, 4.69) is 15.9 Å². The number of hydrogen-bond donors (Lipinski definition) is 0. The van der Waals surface area contributed by atoms with Crippen LogP contribution in [0.15, 0.2) is 45.8 Å². The van der Waals surface area contributed by atoms with Crippen LogP contribution in [0.25, 0.3) is 0 Å². The van der Waals surface area contributed by atoms with Crippen molar-refractivity contribution in [3.63, 3.8) is 0 Å². The molecule has 0 aliphatic heterocycles. The molecular formula is C14H9BrF2O4S. The molecule has 8 heteroatoms. The molecule has 0 N–H and O–H groups in total. The lowest BCUT2D eigenvalue weighted by Gasteiger charge is -2.10. The van der Waals surface area contributed by atoms with Gasteiger partial charge in [0.2, 0.25) is 0 Å². The van der Waals surface area contributed by atoms with Gasteiger partial charge >= 0.3 is 10.1 Å². The molecule has 2 aromatic rings. The molecule has 0 aliphatic carbocycles. The second-order valence-electron chi connectivity index (χ2n) is 4.31. The standard InChI is InChI=1S/C14H9BrF2O4S/c1-8(18)11-6-9(15)2-5-14(11)21-22(19,20)10-3-4-12(16)13(17)7-10/h2-7H,1H3. The average molecular weight is 391 g/mol. The first kappa shape index (κ1) is 16.6. The second kappa shape index (κ2) is 6.13. The summed E-state index contributed by atoms with van der Waals surface area (Å²) >= 11 is 3.16. The Balaban J connectivity index is 2.45. The molecule has 0 bridgehead atoms. The fourth-order valence-electron chi connectivity index (χ4n) is 1.65. The normalized spacial score (nSPS) is 11.3. The smallest absolute Gasteiger partial charge is 0.339 e. The Hall–Kier alpha value is -1.80. The Morgan fingerprint density at radius 2 is 1.77 bits per heavy atom. The van der Waals surface area contributed by atoms with Gasteiger partial charge in [-0.2, -0.15) is 8.42 Å². The van der Waals surface area contributed by atoms with Crippen molar-refractivity contribution in [2.45, 2.75) is 11.8 Å². The minimum atomic E-state index is -4.40. The molecular weight excluding hydrogens is 382 g/mol. The third-order valence-electron chi connectivity index (χ3n) is 2.70. The Kier molecular flexibility index (Phi) is 4.62. The van der Waals surface area contributed by atoms with E-state index in [0.29, 0.717) is 16.6 Å². The summed E-state index contributed by atoms with van der Waals surface area (Å²) in [5, 5.41) is 0. The van der Waals surface area contributed by atoms with Gasteiger partial charge in [-0.1, -0.05) is 15.9 Å². The van der Waals surface area contributed by atoms with Gasteiger partial charge in [0, 0.05) is 4.47 Å². The number of carbonyl (C=O) groups is 1. The van der Waals surface area contributed by atoms with Crippen molar-refractivity contribution in [3.05, 3.63) is 58.1 Å². The van der Waals surface area contributed by atoms with Gasteiger partial charge in [-0.3, -0.25) is 4.79 Å². The summed E-state index contributed by atoms with van der Waals surface area (Å²) < 4.78 is 55.6. The number of ketones is 1. The first-order valence-corrected chi connectivity index (χ1v) is 8.11. The highest BCUT2D eigenvalue weighted by atomic mass is 79.9. The summed E-state index contributed by atoms with van der Waals surface area (Å²) in [5.41, 5.74) is 0.0422. The van der Waals surface area contributed by atoms with E-state index in [-0.39, 0.29) is 11.3 Å². The zero-order valence-electron chi connectivity index (χ0n) is 11.1. The zero-order chi connectivity index (χ0) is 16.5. The maximum atomic E-state index is 13.2. The number of hydrogen-bond acceptors (Lipinski definition) is 4. The van der Waals surface area contributed by atoms with Gasteiger partial charge < -0.3 is 4.18 Å². The van der Waals surface area contributed by atoms with Crippen LogP contribution in [0.5, 0.6) is 5.75 Å². The molecule has 0 aliphatic rings. The molecule has 0 spiro atoms. The quantitative estimate of drug-likeness (QED) is 0.589. The molecule has 2 rings (SSSR count). The van der Waals surface area contributed by atoms with Crippen LogP contribution in [0.2, 0.25) is 0 Å². The van der Waals surface area contributed by atoms with Gasteiger partial charge in [0.1, 0.15) is 4.90 Å². The van der Waals surface area contributed by atoms with Gasteiger partial charge in [-0.05, 0) is 43.3 Å². The first-order chi connectivity index (χ1) is 10.2. The third kappa shape index (κ3) is 3.50. The van der Waals surface area contributed by atoms with Crippen LogP contribution >= 0.6 is 15.9 Å². The summed E-state index contributed by atoms with van der Waals surface area (Å²) in [4.78, 5) is 11.0. The second-order valence-corrected chi connectivity index (χ2v) is 6.77. The van der Waals surface area contributed by atoms with Crippen molar-refractivity contribution < 1.29 is 26.2 Å². The van der Waals surface area contributed by atoms with E-state index >= 15 is 0 Å². The summed E-state index contributed by atoms with van der Waals surface area (Å²) in [7, 11) is -4.40.